The van der Waals surface area contributed by atoms with E-state index in [1.807, 2.05) is 26.2 Å². The number of carbonyl (C=O) groups is 2. The Morgan fingerprint density at radius 2 is 1.97 bits per heavy atom. The summed E-state index contributed by atoms with van der Waals surface area (Å²) < 4.78 is 18.2. The molecule has 0 amide bonds. The van der Waals surface area contributed by atoms with Gasteiger partial charge < -0.3 is 18.7 Å². The van der Waals surface area contributed by atoms with Gasteiger partial charge >= 0.3 is 0 Å². The molecule has 166 valence electrons. The lowest BCUT2D eigenvalue weighted by atomic mass is 9.42. The number of methoxy groups -OCH3 is 1. The van der Waals surface area contributed by atoms with Gasteiger partial charge in [0.1, 0.15) is 6.29 Å². The van der Waals surface area contributed by atoms with Gasteiger partial charge in [-0.05, 0) is 49.5 Å². The second-order valence-corrected chi connectivity index (χ2v) is 10.6. The second kappa shape index (κ2) is 6.52. The Morgan fingerprint density at radius 1 is 1.23 bits per heavy atom. The lowest BCUT2D eigenvalue weighted by Gasteiger charge is -2.61. The number of ketones is 1. The van der Waals surface area contributed by atoms with Gasteiger partial charge in [-0.25, -0.2) is 0 Å². The molecule has 0 aromatic carbocycles. The Bertz CT molecular complexity index is 989. The number of furan rings is 1. The SMILES string of the molecule is CO[C@H]1[C@H]2O[C@@H]3C[C@@H](c4ccoc4)C(C)=C3[C@@]2(C)[C@H](C)[C@@]2(C)C(=O)C=C[C@@](C)(C=O)[C@H]12. The minimum atomic E-state index is -0.775. The highest BCUT2D eigenvalue weighted by atomic mass is 16.5. The van der Waals surface area contributed by atoms with E-state index < -0.39 is 10.8 Å². The average Bonchev–Trinajstić information content (AvgIpc) is 3.45. The second-order valence-electron chi connectivity index (χ2n) is 10.6. The average molecular weight is 425 g/mol. The summed E-state index contributed by atoms with van der Waals surface area (Å²) in [5, 5.41) is 0. The molecule has 0 spiro atoms. The van der Waals surface area contributed by atoms with Gasteiger partial charge in [-0.1, -0.05) is 32.4 Å². The van der Waals surface area contributed by atoms with Crippen molar-refractivity contribution in [1.29, 1.82) is 0 Å². The highest BCUT2D eigenvalue weighted by molar-refractivity contribution is 5.98. The van der Waals surface area contributed by atoms with E-state index >= 15 is 0 Å². The monoisotopic (exact) mass is 424 g/mol. The highest BCUT2D eigenvalue weighted by Gasteiger charge is 2.72. The van der Waals surface area contributed by atoms with Crippen LogP contribution < -0.4 is 0 Å². The molecule has 5 nitrogen and oxygen atoms in total. The molecule has 2 heterocycles. The van der Waals surface area contributed by atoms with Crippen molar-refractivity contribution in [2.24, 2.45) is 28.1 Å². The van der Waals surface area contributed by atoms with Crippen LogP contribution in [0, 0.1) is 28.1 Å². The van der Waals surface area contributed by atoms with Gasteiger partial charge in [-0.3, -0.25) is 4.79 Å². The first-order valence-corrected chi connectivity index (χ1v) is 11.3. The van der Waals surface area contributed by atoms with Crippen LogP contribution in [0.1, 0.15) is 52.5 Å². The van der Waals surface area contributed by atoms with Gasteiger partial charge in [0, 0.05) is 35.2 Å². The summed E-state index contributed by atoms with van der Waals surface area (Å²) in [6.45, 7) is 10.6. The van der Waals surface area contributed by atoms with Gasteiger partial charge in [-0.2, -0.15) is 0 Å². The number of rotatable bonds is 3. The van der Waals surface area contributed by atoms with Gasteiger partial charge in [0.25, 0.3) is 0 Å². The molecular weight excluding hydrogens is 392 g/mol. The van der Waals surface area contributed by atoms with Crippen molar-refractivity contribution < 1.29 is 23.5 Å². The van der Waals surface area contributed by atoms with Crippen LogP contribution in [-0.2, 0) is 19.1 Å². The van der Waals surface area contributed by atoms with E-state index in [2.05, 4.69) is 20.8 Å². The molecule has 31 heavy (non-hydrogen) atoms. The number of fused-ring (bicyclic) bond motifs is 4. The first-order chi connectivity index (χ1) is 14.6. The number of ether oxygens (including phenoxy) is 2. The third kappa shape index (κ3) is 2.34. The van der Waals surface area contributed by atoms with Crippen molar-refractivity contribution >= 4 is 12.1 Å². The maximum atomic E-state index is 13.5. The van der Waals surface area contributed by atoms with Crippen LogP contribution >= 0.6 is 0 Å². The van der Waals surface area contributed by atoms with E-state index in [1.165, 1.54) is 16.7 Å². The van der Waals surface area contributed by atoms with Crippen LogP contribution in [0.15, 0.2) is 46.3 Å². The van der Waals surface area contributed by atoms with Crippen LogP contribution in [0.4, 0.5) is 0 Å². The zero-order chi connectivity index (χ0) is 22.3. The third-order valence-corrected chi connectivity index (χ3v) is 9.54. The maximum Gasteiger partial charge on any atom is 0.161 e. The topological polar surface area (TPSA) is 65.7 Å². The smallest absolute Gasteiger partial charge is 0.161 e. The molecule has 1 saturated heterocycles. The highest BCUT2D eigenvalue weighted by Crippen LogP contribution is 2.69. The van der Waals surface area contributed by atoms with E-state index in [4.69, 9.17) is 13.9 Å². The van der Waals surface area contributed by atoms with Gasteiger partial charge in [0.2, 0.25) is 0 Å². The number of aldehydes is 1. The van der Waals surface area contributed by atoms with Gasteiger partial charge in [0.05, 0.1) is 30.8 Å². The zero-order valence-corrected chi connectivity index (χ0v) is 19.2. The summed E-state index contributed by atoms with van der Waals surface area (Å²) in [6, 6.07) is 2.03. The summed E-state index contributed by atoms with van der Waals surface area (Å²) in [4.78, 5) is 25.7. The number of hydrogen-bond acceptors (Lipinski definition) is 5. The number of allylic oxidation sites excluding steroid dienone is 3. The molecule has 0 radical (unpaired) electrons. The van der Waals surface area contributed by atoms with E-state index in [-0.39, 0.29) is 47.3 Å². The third-order valence-electron chi connectivity index (χ3n) is 9.54. The normalized spacial score (nSPS) is 48.5. The molecule has 9 atom stereocenters. The van der Waals surface area contributed by atoms with E-state index in [1.54, 1.807) is 25.5 Å². The lowest BCUT2D eigenvalue weighted by Crippen LogP contribution is -2.68. The molecule has 1 saturated carbocycles. The van der Waals surface area contributed by atoms with Crippen molar-refractivity contribution in [3.8, 4) is 0 Å². The largest absolute Gasteiger partial charge is 0.472 e. The fourth-order valence-electron chi connectivity index (χ4n) is 7.76. The molecule has 1 aliphatic heterocycles. The first-order valence-electron chi connectivity index (χ1n) is 11.3. The molecule has 0 bridgehead atoms. The fraction of sp³-hybridized carbons (Fsp3) is 0.615. The summed E-state index contributed by atoms with van der Waals surface area (Å²) in [5.41, 5.74) is 1.94. The first kappa shape index (κ1) is 20.9. The van der Waals surface area contributed by atoms with Gasteiger partial charge in [0.15, 0.2) is 5.78 Å². The Kier molecular flexibility index (Phi) is 4.39. The van der Waals surface area contributed by atoms with Crippen molar-refractivity contribution in [3.05, 3.63) is 47.5 Å². The zero-order valence-electron chi connectivity index (χ0n) is 19.2. The molecule has 2 fully saturated rings. The molecule has 5 heteroatoms. The summed E-state index contributed by atoms with van der Waals surface area (Å²) in [6.07, 6.45) is 8.21. The van der Waals surface area contributed by atoms with Crippen molar-refractivity contribution in [2.75, 3.05) is 7.11 Å². The summed E-state index contributed by atoms with van der Waals surface area (Å²) in [7, 11) is 1.68. The molecular formula is C26H32O5. The molecule has 4 aliphatic rings. The van der Waals surface area contributed by atoms with E-state index in [9.17, 15) is 9.59 Å². The molecule has 3 aliphatic carbocycles. The Hall–Kier alpha value is -1.98. The molecule has 5 rings (SSSR count). The van der Waals surface area contributed by atoms with Crippen molar-refractivity contribution in [1.82, 2.24) is 0 Å². The lowest BCUT2D eigenvalue weighted by molar-refractivity contribution is -0.210. The van der Waals surface area contributed by atoms with Crippen LogP contribution in [0.2, 0.25) is 0 Å². The minimum Gasteiger partial charge on any atom is -0.472 e. The number of carbonyl (C=O) groups excluding carboxylic acids is 2. The summed E-state index contributed by atoms with van der Waals surface area (Å²) in [5.74, 6) is 0.0447. The van der Waals surface area contributed by atoms with Crippen LogP contribution in [-0.4, -0.2) is 37.5 Å². The molecule has 0 unspecified atom stereocenters. The Balaban J connectivity index is 1.69. The fourth-order valence-corrected chi connectivity index (χ4v) is 7.76. The predicted octanol–water partition coefficient (Wildman–Crippen LogP) is 4.49. The van der Waals surface area contributed by atoms with Gasteiger partial charge in [-0.15, -0.1) is 0 Å². The summed E-state index contributed by atoms with van der Waals surface area (Å²) >= 11 is 0. The van der Waals surface area contributed by atoms with Crippen LogP contribution in [0.25, 0.3) is 0 Å². The van der Waals surface area contributed by atoms with E-state index in [0.29, 0.717) is 0 Å². The maximum absolute atomic E-state index is 13.5. The van der Waals surface area contributed by atoms with Crippen molar-refractivity contribution in [3.63, 3.8) is 0 Å². The van der Waals surface area contributed by atoms with E-state index in [0.717, 1.165) is 12.7 Å². The predicted molar refractivity (Wildman–Crippen MR) is 115 cm³/mol. The molecule has 1 aromatic heterocycles. The van der Waals surface area contributed by atoms with Crippen molar-refractivity contribution in [2.45, 2.75) is 65.3 Å². The number of hydrogen-bond donors (Lipinski definition) is 0. The Labute approximate surface area is 183 Å². The minimum absolute atomic E-state index is 0.00991. The van der Waals surface area contributed by atoms with Crippen LogP contribution in [0.3, 0.4) is 0 Å². The standard InChI is InChI=1S/C26H32O5/c1-14-17(16-8-10-30-12-16)11-18-20(14)26(5)15(2)25(4)19(28)7-9-24(3,13-27)22(25)21(29-6)23(26)31-18/h7-10,12-13,15,17-18,21-23H,11H2,1-6H3/t15-,17-,18-,21-,22+,23-,24+,25+,26-/m1/s1. The Morgan fingerprint density at radius 3 is 2.58 bits per heavy atom. The quantitative estimate of drug-likeness (QED) is 0.528. The molecule has 0 N–H and O–H groups in total. The van der Waals surface area contributed by atoms with Crippen LogP contribution in [0.5, 0.6) is 0 Å². The molecule has 1 aromatic rings.